The van der Waals surface area contributed by atoms with Crippen molar-refractivity contribution in [2.75, 3.05) is 19.3 Å². The quantitative estimate of drug-likeness (QED) is 0.415. The fourth-order valence-corrected chi connectivity index (χ4v) is 3.36. The molecule has 0 radical (unpaired) electrons. The van der Waals surface area contributed by atoms with E-state index in [1.807, 2.05) is 45.0 Å². The molecule has 0 spiro atoms. The molecule has 7 nitrogen and oxygen atoms in total. The van der Waals surface area contributed by atoms with Gasteiger partial charge in [-0.3, -0.25) is 0 Å². The van der Waals surface area contributed by atoms with Gasteiger partial charge in [0, 0.05) is 19.3 Å². The fourth-order valence-electron chi connectivity index (χ4n) is 2.73. The Morgan fingerprint density at radius 3 is 2.43 bits per heavy atom. The molecule has 3 N–H and O–H groups in total. The number of ether oxygens (including phenoxy) is 1. The first-order valence-corrected chi connectivity index (χ1v) is 11.8. The molecule has 2 aromatic rings. The summed E-state index contributed by atoms with van der Waals surface area (Å²) in [6.45, 7) is 7.21. The molecule has 2 aromatic carbocycles. The van der Waals surface area contributed by atoms with Crippen LogP contribution in [0.25, 0.3) is 0 Å². The smallest absolute Gasteiger partial charge is 0.191 e. The van der Waals surface area contributed by atoms with Gasteiger partial charge in [0.1, 0.15) is 5.75 Å². The lowest BCUT2D eigenvalue weighted by Crippen LogP contribution is -2.39. The van der Waals surface area contributed by atoms with Gasteiger partial charge in [-0.25, -0.2) is 13.4 Å². The third kappa shape index (κ3) is 7.68. The first kappa shape index (κ1) is 23.7. The van der Waals surface area contributed by atoms with E-state index in [0.29, 0.717) is 19.0 Å². The van der Waals surface area contributed by atoms with Crippen LogP contribution in [0.1, 0.15) is 38.0 Å². The van der Waals surface area contributed by atoms with Gasteiger partial charge in [-0.15, -0.1) is 0 Å². The van der Waals surface area contributed by atoms with Crippen molar-refractivity contribution in [3.05, 3.63) is 59.7 Å². The summed E-state index contributed by atoms with van der Waals surface area (Å²) >= 11 is 0. The maximum absolute atomic E-state index is 11.6. The summed E-state index contributed by atoms with van der Waals surface area (Å²) in [7, 11) is -3.21. The lowest BCUT2D eigenvalue weighted by Gasteiger charge is -2.17. The third-order valence-corrected chi connectivity index (χ3v) is 5.32. The maximum atomic E-state index is 11.6. The highest BCUT2D eigenvalue weighted by molar-refractivity contribution is 7.90. The fraction of sp³-hybridized carbons (Fsp3) is 0.409. The van der Waals surface area contributed by atoms with E-state index in [1.54, 1.807) is 24.3 Å². The van der Waals surface area contributed by atoms with Gasteiger partial charge in [0.05, 0.1) is 23.6 Å². The number of aliphatic imine (C=N–C) groups is 1. The van der Waals surface area contributed by atoms with Crippen molar-refractivity contribution >= 4 is 15.8 Å². The van der Waals surface area contributed by atoms with Crippen LogP contribution in [0, 0.1) is 0 Å². The molecule has 164 valence electrons. The lowest BCUT2D eigenvalue weighted by molar-refractivity contribution is 0.179. The van der Waals surface area contributed by atoms with E-state index in [2.05, 4.69) is 15.6 Å². The molecule has 0 fully saturated rings. The summed E-state index contributed by atoms with van der Waals surface area (Å²) < 4.78 is 28.8. The molecule has 8 heteroatoms. The normalized spacial score (nSPS) is 13.2. The molecule has 1 unspecified atom stereocenters. The number of hydrogen-bond acceptors (Lipinski definition) is 5. The highest BCUT2D eigenvalue weighted by atomic mass is 32.2. The zero-order valence-electron chi connectivity index (χ0n) is 17.9. The Kier molecular flexibility index (Phi) is 8.68. The first-order valence-electron chi connectivity index (χ1n) is 9.95. The summed E-state index contributed by atoms with van der Waals surface area (Å²) in [6, 6.07) is 14.1. The predicted molar refractivity (Wildman–Crippen MR) is 120 cm³/mol. The summed E-state index contributed by atoms with van der Waals surface area (Å²) in [5.74, 6) is 1.29. The molecule has 0 aliphatic carbocycles. The van der Waals surface area contributed by atoms with Crippen LogP contribution in [0.3, 0.4) is 0 Å². The minimum Gasteiger partial charge on any atom is -0.491 e. The molecule has 0 aromatic heterocycles. The number of guanidine groups is 1. The van der Waals surface area contributed by atoms with Crippen LogP contribution in [0.15, 0.2) is 58.4 Å². The summed E-state index contributed by atoms with van der Waals surface area (Å²) in [4.78, 5) is 4.79. The molecule has 0 heterocycles. The van der Waals surface area contributed by atoms with Crippen molar-refractivity contribution in [2.24, 2.45) is 4.99 Å². The number of aliphatic hydroxyl groups is 1. The lowest BCUT2D eigenvalue weighted by atomic mass is 10.1. The Bertz CT molecular complexity index is 941. The number of sulfone groups is 1. The zero-order valence-corrected chi connectivity index (χ0v) is 18.7. The molecule has 0 aliphatic rings. The van der Waals surface area contributed by atoms with Crippen LogP contribution in [0.5, 0.6) is 5.75 Å². The van der Waals surface area contributed by atoms with Crippen LogP contribution in [-0.4, -0.2) is 44.9 Å². The molecule has 2 rings (SSSR count). The van der Waals surface area contributed by atoms with Crippen molar-refractivity contribution in [1.82, 2.24) is 10.6 Å². The van der Waals surface area contributed by atoms with E-state index in [9.17, 15) is 13.5 Å². The van der Waals surface area contributed by atoms with E-state index in [0.717, 1.165) is 16.9 Å². The summed E-state index contributed by atoms with van der Waals surface area (Å²) in [6.07, 6.45) is 0.525. The number of nitrogens with zero attached hydrogens (tertiary/aromatic N) is 1. The van der Waals surface area contributed by atoms with Crippen LogP contribution >= 0.6 is 0 Å². The Balaban J connectivity index is 1.99. The molecule has 0 saturated heterocycles. The van der Waals surface area contributed by atoms with Crippen LogP contribution < -0.4 is 15.4 Å². The largest absolute Gasteiger partial charge is 0.491 e. The summed E-state index contributed by atoms with van der Waals surface area (Å²) in [5.41, 5.74) is 1.64. The van der Waals surface area contributed by atoms with Crippen LogP contribution in [0.2, 0.25) is 0 Å². The molecule has 0 saturated carbocycles. The second kappa shape index (κ2) is 11.0. The second-order valence-electron chi connectivity index (χ2n) is 7.25. The van der Waals surface area contributed by atoms with Gasteiger partial charge in [-0.05, 0) is 56.2 Å². The summed E-state index contributed by atoms with van der Waals surface area (Å²) in [5, 5.41) is 16.8. The van der Waals surface area contributed by atoms with Gasteiger partial charge in [0.15, 0.2) is 15.8 Å². The van der Waals surface area contributed by atoms with E-state index in [4.69, 9.17) is 4.74 Å². The molecule has 0 aliphatic heterocycles. The second-order valence-corrected chi connectivity index (χ2v) is 9.26. The highest BCUT2D eigenvalue weighted by Gasteiger charge is 2.10. The van der Waals surface area contributed by atoms with Crippen molar-refractivity contribution in [2.45, 2.75) is 44.4 Å². The van der Waals surface area contributed by atoms with Gasteiger partial charge in [0.2, 0.25) is 0 Å². The molecule has 0 amide bonds. The van der Waals surface area contributed by atoms with E-state index >= 15 is 0 Å². The van der Waals surface area contributed by atoms with E-state index in [1.165, 1.54) is 6.26 Å². The minimum atomic E-state index is -3.21. The number of rotatable bonds is 9. The average Bonchev–Trinajstić information content (AvgIpc) is 2.69. The van der Waals surface area contributed by atoms with Gasteiger partial charge < -0.3 is 20.5 Å². The monoisotopic (exact) mass is 433 g/mol. The topological polar surface area (TPSA) is 100 Å². The predicted octanol–water partition coefficient (Wildman–Crippen LogP) is 2.67. The van der Waals surface area contributed by atoms with Gasteiger partial charge in [-0.2, -0.15) is 0 Å². The highest BCUT2D eigenvalue weighted by Crippen LogP contribution is 2.20. The minimum absolute atomic E-state index is 0.0644. The Hall–Kier alpha value is -2.58. The third-order valence-electron chi connectivity index (χ3n) is 4.19. The maximum Gasteiger partial charge on any atom is 0.191 e. The van der Waals surface area contributed by atoms with E-state index in [-0.39, 0.29) is 17.5 Å². The van der Waals surface area contributed by atoms with Crippen molar-refractivity contribution in [3.63, 3.8) is 0 Å². The molecule has 0 bridgehead atoms. The molecular formula is C22H31N3O4S. The van der Waals surface area contributed by atoms with Gasteiger partial charge >= 0.3 is 0 Å². The van der Waals surface area contributed by atoms with Crippen LogP contribution in [0.4, 0.5) is 0 Å². The number of hydrogen-bond donors (Lipinski definition) is 3. The SMILES string of the molecule is CCNC(=NCc1ccc(S(C)(=O)=O)cc1)NCC(O)c1cccc(OC(C)C)c1. The Labute approximate surface area is 179 Å². The van der Waals surface area contributed by atoms with Gasteiger partial charge in [0.25, 0.3) is 0 Å². The number of aliphatic hydroxyl groups excluding tert-OH is 1. The Morgan fingerprint density at radius 2 is 1.83 bits per heavy atom. The molecule has 30 heavy (non-hydrogen) atoms. The molecule has 1 atom stereocenters. The Morgan fingerprint density at radius 1 is 1.13 bits per heavy atom. The van der Waals surface area contributed by atoms with Crippen molar-refractivity contribution in [3.8, 4) is 5.75 Å². The zero-order chi connectivity index (χ0) is 22.1. The van der Waals surface area contributed by atoms with Crippen LogP contribution in [-0.2, 0) is 16.4 Å². The molecular weight excluding hydrogens is 402 g/mol. The standard InChI is InChI=1S/C22H31N3O4S/c1-5-23-22(24-14-17-9-11-20(12-10-17)30(4,27)28)25-15-21(26)18-7-6-8-19(13-18)29-16(2)3/h6-13,16,21,26H,5,14-15H2,1-4H3,(H2,23,24,25). The number of nitrogens with one attached hydrogen (secondary N) is 2. The first-order chi connectivity index (χ1) is 14.2. The number of benzene rings is 2. The van der Waals surface area contributed by atoms with Gasteiger partial charge in [-0.1, -0.05) is 24.3 Å². The average molecular weight is 434 g/mol. The van der Waals surface area contributed by atoms with E-state index < -0.39 is 15.9 Å². The van der Waals surface area contributed by atoms with Crippen molar-refractivity contribution < 1.29 is 18.3 Å². The van der Waals surface area contributed by atoms with Crippen molar-refractivity contribution in [1.29, 1.82) is 0 Å².